The van der Waals surface area contributed by atoms with Gasteiger partial charge in [-0.3, -0.25) is 0 Å². The summed E-state index contributed by atoms with van der Waals surface area (Å²) in [5, 5.41) is 3.51. The molecule has 0 aliphatic carbocycles. The number of rotatable bonds is 2. The van der Waals surface area contributed by atoms with Crippen LogP contribution in [0.3, 0.4) is 0 Å². The first-order chi connectivity index (χ1) is 5.34. The molecule has 1 heterocycles. The molecule has 1 aliphatic heterocycles. The summed E-state index contributed by atoms with van der Waals surface area (Å²) in [6, 6.07) is 0. The smallest absolute Gasteiger partial charge is 0.00180 e. The molecule has 0 bridgehead atoms. The van der Waals surface area contributed by atoms with Crippen LogP contribution in [0.5, 0.6) is 0 Å². The fourth-order valence-corrected chi connectivity index (χ4v) is 1.87. The summed E-state index contributed by atoms with van der Waals surface area (Å²) in [7, 11) is 0. The Bertz CT molecular complexity index is 93.0. The lowest BCUT2D eigenvalue weighted by atomic mass is 9.88. The Kier molecular flexibility index (Phi) is 3.92. The molecule has 1 aliphatic rings. The summed E-state index contributed by atoms with van der Waals surface area (Å²) >= 11 is 0. The van der Waals surface area contributed by atoms with E-state index in [1.807, 2.05) is 0 Å². The maximum Gasteiger partial charge on any atom is -0.00180 e. The van der Waals surface area contributed by atoms with Gasteiger partial charge in [0.05, 0.1) is 0 Å². The highest BCUT2D eigenvalue weighted by Gasteiger charge is 2.16. The summed E-state index contributed by atoms with van der Waals surface area (Å²) in [6.45, 7) is 7.19. The molecular formula is C10H21N. The van der Waals surface area contributed by atoms with E-state index in [0.717, 1.165) is 11.8 Å². The van der Waals surface area contributed by atoms with Crippen molar-refractivity contribution < 1.29 is 0 Å². The van der Waals surface area contributed by atoms with Gasteiger partial charge in [0.1, 0.15) is 0 Å². The first kappa shape index (κ1) is 9.05. The van der Waals surface area contributed by atoms with Crippen LogP contribution in [0.15, 0.2) is 0 Å². The zero-order chi connectivity index (χ0) is 8.10. The van der Waals surface area contributed by atoms with Crippen LogP contribution in [0.1, 0.15) is 39.5 Å². The number of hydrogen-bond donors (Lipinski definition) is 1. The first-order valence-corrected chi connectivity index (χ1v) is 5.05. The van der Waals surface area contributed by atoms with Crippen molar-refractivity contribution in [2.24, 2.45) is 11.8 Å². The van der Waals surface area contributed by atoms with Crippen LogP contribution in [-0.4, -0.2) is 13.1 Å². The molecule has 1 heteroatoms. The molecule has 1 rings (SSSR count). The minimum absolute atomic E-state index is 0.917. The van der Waals surface area contributed by atoms with E-state index in [-0.39, 0.29) is 0 Å². The van der Waals surface area contributed by atoms with Gasteiger partial charge in [0.25, 0.3) is 0 Å². The Morgan fingerprint density at radius 1 is 1.45 bits per heavy atom. The summed E-state index contributed by atoms with van der Waals surface area (Å²) in [4.78, 5) is 0. The Labute approximate surface area is 70.6 Å². The Balaban J connectivity index is 2.30. The minimum Gasteiger partial charge on any atom is -0.316 e. The Hall–Kier alpha value is -0.0400. The molecule has 1 N–H and O–H groups in total. The lowest BCUT2D eigenvalue weighted by Gasteiger charge is -2.20. The topological polar surface area (TPSA) is 12.0 Å². The zero-order valence-corrected chi connectivity index (χ0v) is 7.90. The van der Waals surface area contributed by atoms with Crippen molar-refractivity contribution in [1.29, 1.82) is 0 Å². The van der Waals surface area contributed by atoms with Crippen LogP contribution in [0.4, 0.5) is 0 Å². The van der Waals surface area contributed by atoms with Gasteiger partial charge in [0.2, 0.25) is 0 Å². The van der Waals surface area contributed by atoms with Gasteiger partial charge in [-0.15, -0.1) is 0 Å². The fraction of sp³-hybridized carbons (Fsp3) is 1.00. The standard InChI is InChI=1S/C10H21N/c1-3-9(2)10-6-4-5-7-11-8-10/h9-11H,3-8H2,1-2H3. The van der Waals surface area contributed by atoms with E-state index in [2.05, 4.69) is 19.2 Å². The molecule has 1 nitrogen and oxygen atoms in total. The summed E-state index contributed by atoms with van der Waals surface area (Å²) in [6.07, 6.45) is 5.60. The second-order valence-corrected chi connectivity index (χ2v) is 3.85. The maximum atomic E-state index is 3.51. The van der Waals surface area contributed by atoms with E-state index in [4.69, 9.17) is 0 Å². The van der Waals surface area contributed by atoms with Crippen LogP contribution < -0.4 is 5.32 Å². The summed E-state index contributed by atoms with van der Waals surface area (Å²) in [5.41, 5.74) is 0. The molecule has 0 spiro atoms. The van der Waals surface area contributed by atoms with Crippen molar-refractivity contribution in [2.75, 3.05) is 13.1 Å². The van der Waals surface area contributed by atoms with E-state index in [9.17, 15) is 0 Å². The van der Waals surface area contributed by atoms with Crippen LogP contribution in [0.25, 0.3) is 0 Å². The predicted molar refractivity (Wildman–Crippen MR) is 49.7 cm³/mol. The van der Waals surface area contributed by atoms with Crippen LogP contribution in [-0.2, 0) is 0 Å². The molecule has 11 heavy (non-hydrogen) atoms. The van der Waals surface area contributed by atoms with Gasteiger partial charge in [-0.2, -0.15) is 0 Å². The molecule has 1 fully saturated rings. The van der Waals surface area contributed by atoms with E-state index < -0.39 is 0 Å². The van der Waals surface area contributed by atoms with Crippen molar-refractivity contribution in [2.45, 2.75) is 39.5 Å². The zero-order valence-electron chi connectivity index (χ0n) is 7.90. The lowest BCUT2D eigenvalue weighted by Crippen LogP contribution is -2.24. The molecule has 2 unspecified atom stereocenters. The van der Waals surface area contributed by atoms with Crippen molar-refractivity contribution >= 4 is 0 Å². The molecule has 0 amide bonds. The highest BCUT2D eigenvalue weighted by Crippen LogP contribution is 2.21. The van der Waals surface area contributed by atoms with Crippen molar-refractivity contribution in [3.8, 4) is 0 Å². The van der Waals surface area contributed by atoms with Crippen molar-refractivity contribution in [3.63, 3.8) is 0 Å². The molecule has 0 aromatic heterocycles. The highest BCUT2D eigenvalue weighted by molar-refractivity contribution is 4.71. The van der Waals surface area contributed by atoms with Gasteiger partial charge in [-0.25, -0.2) is 0 Å². The molecule has 1 saturated heterocycles. The van der Waals surface area contributed by atoms with Crippen molar-refractivity contribution in [1.82, 2.24) is 5.32 Å². The Morgan fingerprint density at radius 3 is 3.00 bits per heavy atom. The van der Waals surface area contributed by atoms with Gasteiger partial charge in [0, 0.05) is 0 Å². The quantitative estimate of drug-likeness (QED) is 0.646. The van der Waals surface area contributed by atoms with E-state index in [0.29, 0.717) is 0 Å². The molecule has 0 radical (unpaired) electrons. The fourth-order valence-electron chi connectivity index (χ4n) is 1.87. The van der Waals surface area contributed by atoms with Gasteiger partial charge in [0.15, 0.2) is 0 Å². The SMILES string of the molecule is CCC(C)C1CCCCNC1. The van der Waals surface area contributed by atoms with Gasteiger partial charge >= 0.3 is 0 Å². The summed E-state index contributed by atoms with van der Waals surface area (Å²) in [5.74, 6) is 1.86. The number of hydrogen-bond acceptors (Lipinski definition) is 1. The molecule has 0 aromatic rings. The predicted octanol–water partition coefficient (Wildman–Crippen LogP) is 2.42. The van der Waals surface area contributed by atoms with E-state index in [1.54, 1.807) is 0 Å². The summed E-state index contributed by atoms with van der Waals surface area (Å²) < 4.78 is 0. The highest BCUT2D eigenvalue weighted by atomic mass is 14.9. The monoisotopic (exact) mass is 155 g/mol. The van der Waals surface area contributed by atoms with Gasteiger partial charge in [-0.1, -0.05) is 26.7 Å². The average molecular weight is 155 g/mol. The van der Waals surface area contributed by atoms with E-state index in [1.165, 1.54) is 38.8 Å². The molecule has 2 atom stereocenters. The second kappa shape index (κ2) is 4.76. The van der Waals surface area contributed by atoms with Gasteiger partial charge < -0.3 is 5.32 Å². The maximum absolute atomic E-state index is 3.51. The molecule has 0 saturated carbocycles. The number of nitrogens with one attached hydrogen (secondary N) is 1. The molecule has 66 valence electrons. The lowest BCUT2D eigenvalue weighted by molar-refractivity contribution is 0.327. The third kappa shape index (κ3) is 2.82. The van der Waals surface area contributed by atoms with E-state index >= 15 is 0 Å². The largest absolute Gasteiger partial charge is 0.316 e. The normalized spacial score (nSPS) is 29.5. The van der Waals surface area contributed by atoms with Crippen LogP contribution >= 0.6 is 0 Å². The van der Waals surface area contributed by atoms with Crippen molar-refractivity contribution in [3.05, 3.63) is 0 Å². The second-order valence-electron chi connectivity index (χ2n) is 3.85. The molecular weight excluding hydrogens is 134 g/mol. The van der Waals surface area contributed by atoms with Gasteiger partial charge in [-0.05, 0) is 37.8 Å². The van der Waals surface area contributed by atoms with Crippen LogP contribution in [0.2, 0.25) is 0 Å². The minimum atomic E-state index is 0.917. The molecule has 0 aromatic carbocycles. The first-order valence-electron chi connectivity index (χ1n) is 5.05. The Morgan fingerprint density at radius 2 is 2.27 bits per heavy atom. The third-order valence-corrected chi connectivity index (χ3v) is 3.03. The third-order valence-electron chi connectivity index (χ3n) is 3.03. The van der Waals surface area contributed by atoms with Crippen LogP contribution in [0, 0.1) is 11.8 Å². The average Bonchev–Trinajstić information content (AvgIpc) is 2.30.